The average Bonchev–Trinajstić information content (AvgIpc) is 3.13. The number of carbonyl (C=O) groups excluding carboxylic acids is 1. The molecule has 1 saturated heterocycles. The number of rotatable bonds is 4. The Morgan fingerprint density at radius 2 is 2.00 bits per heavy atom. The van der Waals surface area contributed by atoms with Crippen molar-refractivity contribution in [3.05, 3.63) is 51.5 Å². The predicted octanol–water partition coefficient (Wildman–Crippen LogP) is 4.38. The maximum absolute atomic E-state index is 12.4. The first-order valence-corrected chi connectivity index (χ1v) is 9.24. The van der Waals surface area contributed by atoms with Crippen LogP contribution in [0.5, 0.6) is 0 Å². The number of carboxylic acid groups (broad SMARTS) is 1. The highest BCUT2D eigenvalue weighted by atomic mass is 79.9. The van der Waals surface area contributed by atoms with Gasteiger partial charge in [-0.25, -0.2) is 4.79 Å². The third kappa shape index (κ3) is 3.70. The van der Waals surface area contributed by atoms with Crippen molar-refractivity contribution in [2.75, 3.05) is 0 Å². The first kappa shape index (κ1) is 17.9. The molecular weight excluding hydrogens is 426 g/mol. The van der Waals surface area contributed by atoms with Gasteiger partial charge in [0.2, 0.25) is 0 Å². The molecule has 128 valence electrons. The fourth-order valence-electron chi connectivity index (χ4n) is 2.25. The highest BCUT2D eigenvalue weighted by molar-refractivity contribution is 9.10. The van der Waals surface area contributed by atoms with Crippen molar-refractivity contribution in [2.45, 2.75) is 13.0 Å². The quantitative estimate of drug-likeness (QED) is 0.564. The second kappa shape index (κ2) is 7.15. The van der Waals surface area contributed by atoms with E-state index in [4.69, 9.17) is 21.7 Å². The van der Waals surface area contributed by atoms with Crippen LogP contribution in [0, 0.1) is 0 Å². The lowest BCUT2D eigenvalue weighted by atomic mass is 10.2. The van der Waals surface area contributed by atoms with Crippen LogP contribution >= 0.6 is 39.9 Å². The molecule has 0 unspecified atom stereocenters. The number of aliphatic carboxylic acids is 1. The van der Waals surface area contributed by atoms with Crippen LogP contribution < -0.4 is 0 Å². The van der Waals surface area contributed by atoms with Gasteiger partial charge in [0.05, 0.1) is 4.91 Å². The molecule has 0 spiro atoms. The minimum Gasteiger partial charge on any atom is -0.480 e. The van der Waals surface area contributed by atoms with Crippen LogP contribution in [0.4, 0.5) is 0 Å². The lowest BCUT2D eigenvalue weighted by Crippen LogP contribution is -2.41. The van der Waals surface area contributed by atoms with Crippen LogP contribution in [-0.4, -0.2) is 32.2 Å². The molecule has 3 rings (SSSR count). The Labute approximate surface area is 161 Å². The van der Waals surface area contributed by atoms with Gasteiger partial charge in [-0.1, -0.05) is 52.0 Å². The summed E-state index contributed by atoms with van der Waals surface area (Å²) in [6, 6.07) is 10.2. The van der Waals surface area contributed by atoms with Crippen LogP contribution in [0.2, 0.25) is 0 Å². The number of halogens is 1. The van der Waals surface area contributed by atoms with Gasteiger partial charge in [-0.15, -0.1) is 0 Å². The van der Waals surface area contributed by atoms with E-state index in [0.717, 1.165) is 26.7 Å². The number of benzene rings is 1. The number of nitrogens with zero attached hydrogens (tertiary/aromatic N) is 1. The molecule has 2 aromatic rings. The second-order valence-electron chi connectivity index (χ2n) is 5.27. The summed E-state index contributed by atoms with van der Waals surface area (Å²) >= 11 is 9.58. The van der Waals surface area contributed by atoms with Crippen LogP contribution in [0.3, 0.4) is 0 Å². The van der Waals surface area contributed by atoms with E-state index in [9.17, 15) is 9.59 Å². The predicted molar refractivity (Wildman–Crippen MR) is 104 cm³/mol. The molecule has 1 aromatic heterocycles. The fraction of sp³-hybridized carbons (Fsp3) is 0.118. The Hall–Kier alpha value is -1.90. The molecule has 1 aromatic carbocycles. The average molecular weight is 438 g/mol. The van der Waals surface area contributed by atoms with Gasteiger partial charge in [-0.2, -0.15) is 0 Å². The van der Waals surface area contributed by atoms with Gasteiger partial charge in [-0.05, 0) is 31.2 Å². The van der Waals surface area contributed by atoms with Crippen molar-refractivity contribution < 1.29 is 19.1 Å². The molecule has 0 saturated carbocycles. The first-order valence-electron chi connectivity index (χ1n) is 7.22. The van der Waals surface area contributed by atoms with E-state index in [-0.39, 0.29) is 4.32 Å². The van der Waals surface area contributed by atoms with E-state index >= 15 is 0 Å². The van der Waals surface area contributed by atoms with E-state index in [0.29, 0.717) is 16.4 Å². The van der Waals surface area contributed by atoms with Crippen molar-refractivity contribution in [1.82, 2.24) is 4.90 Å². The van der Waals surface area contributed by atoms with Crippen LogP contribution in [0.15, 0.2) is 50.2 Å². The molecule has 0 aliphatic carbocycles. The molecule has 1 amide bonds. The molecule has 1 aliphatic heterocycles. The number of furan rings is 1. The van der Waals surface area contributed by atoms with Crippen LogP contribution in [0.1, 0.15) is 12.7 Å². The van der Waals surface area contributed by atoms with Gasteiger partial charge < -0.3 is 9.52 Å². The number of thioether (sulfide) groups is 1. The number of carboxylic acids is 1. The molecule has 0 bridgehead atoms. The molecule has 8 heteroatoms. The molecule has 2 heterocycles. The summed E-state index contributed by atoms with van der Waals surface area (Å²) in [5.74, 6) is -0.353. The van der Waals surface area contributed by atoms with Gasteiger partial charge in [0.25, 0.3) is 5.91 Å². The zero-order valence-electron chi connectivity index (χ0n) is 12.9. The first-order chi connectivity index (χ1) is 11.9. The maximum Gasteiger partial charge on any atom is 0.326 e. The van der Waals surface area contributed by atoms with Gasteiger partial charge in [0, 0.05) is 16.1 Å². The maximum atomic E-state index is 12.4. The lowest BCUT2D eigenvalue weighted by molar-refractivity contribution is -0.144. The molecule has 1 N–H and O–H groups in total. The van der Waals surface area contributed by atoms with E-state index in [2.05, 4.69) is 15.9 Å². The third-order valence-corrected chi connectivity index (χ3v) is 5.46. The molecule has 1 fully saturated rings. The SMILES string of the molecule is C[C@@H](C(=O)O)N1C(=O)/C(=C/c2ccc(-c3ccc(Br)cc3)o2)SC1=S. The second-order valence-corrected chi connectivity index (χ2v) is 7.87. The Bertz CT molecular complexity index is 888. The molecule has 1 aliphatic rings. The standard InChI is InChI=1S/C17H12BrNO4S2/c1-9(16(21)22)19-15(20)14(25-17(19)24)8-12-6-7-13(23-12)10-2-4-11(18)5-3-10/h2-9H,1H3,(H,21,22)/b14-8-/t9-/m0/s1. The third-order valence-electron chi connectivity index (χ3n) is 3.60. The minimum absolute atomic E-state index is 0.228. The fourth-order valence-corrected chi connectivity index (χ4v) is 3.92. The molecule has 25 heavy (non-hydrogen) atoms. The zero-order valence-corrected chi connectivity index (χ0v) is 16.2. The van der Waals surface area contributed by atoms with Crippen molar-refractivity contribution in [3.63, 3.8) is 0 Å². The van der Waals surface area contributed by atoms with Crippen molar-refractivity contribution in [2.24, 2.45) is 0 Å². The van der Waals surface area contributed by atoms with Crippen molar-refractivity contribution >= 4 is 62.2 Å². The number of carbonyl (C=O) groups is 2. The topological polar surface area (TPSA) is 70.8 Å². The van der Waals surface area contributed by atoms with Gasteiger partial charge in [0.1, 0.15) is 21.9 Å². The number of amides is 1. The summed E-state index contributed by atoms with van der Waals surface area (Å²) in [7, 11) is 0. The smallest absolute Gasteiger partial charge is 0.326 e. The normalized spacial score (nSPS) is 17.4. The monoisotopic (exact) mass is 437 g/mol. The highest BCUT2D eigenvalue weighted by Gasteiger charge is 2.38. The van der Waals surface area contributed by atoms with Crippen LogP contribution in [0.25, 0.3) is 17.4 Å². The summed E-state index contributed by atoms with van der Waals surface area (Å²) in [5.41, 5.74) is 0.912. The largest absolute Gasteiger partial charge is 0.480 e. The minimum atomic E-state index is -1.10. The Morgan fingerprint density at radius 3 is 2.64 bits per heavy atom. The number of hydrogen-bond acceptors (Lipinski definition) is 5. The number of thiocarbonyl (C=S) groups is 1. The van der Waals surface area contributed by atoms with Gasteiger partial charge in [-0.3, -0.25) is 9.69 Å². The summed E-state index contributed by atoms with van der Waals surface area (Å²) in [5, 5.41) is 9.10. The highest BCUT2D eigenvalue weighted by Crippen LogP contribution is 2.35. The van der Waals surface area contributed by atoms with E-state index in [1.165, 1.54) is 6.92 Å². The lowest BCUT2D eigenvalue weighted by Gasteiger charge is -2.18. The van der Waals surface area contributed by atoms with Gasteiger partial charge >= 0.3 is 5.97 Å². The summed E-state index contributed by atoms with van der Waals surface area (Å²) < 4.78 is 6.96. The zero-order chi connectivity index (χ0) is 18.1. The summed E-state index contributed by atoms with van der Waals surface area (Å²) in [6.45, 7) is 1.43. The molecular formula is C17H12BrNO4S2. The Kier molecular flexibility index (Phi) is 5.12. The Morgan fingerprint density at radius 1 is 1.32 bits per heavy atom. The van der Waals surface area contributed by atoms with Crippen molar-refractivity contribution in [3.8, 4) is 11.3 Å². The van der Waals surface area contributed by atoms with E-state index in [1.54, 1.807) is 12.1 Å². The molecule has 5 nitrogen and oxygen atoms in total. The van der Waals surface area contributed by atoms with Crippen LogP contribution in [-0.2, 0) is 9.59 Å². The summed E-state index contributed by atoms with van der Waals surface area (Å²) in [6.07, 6.45) is 1.58. The summed E-state index contributed by atoms with van der Waals surface area (Å²) in [4.78, 5) is 25.0. The van der Waals surface area contributed by atoms with E-state index < -0.39 is 17.9 Å². The van der Waals surface area contributed by atoms with Crippen molar-refractivity contribution in [1.29, 1.82) is 0 Å². The molecule has 0 radical (unpaired) electrons. The van der Waals surface area contributed by atoms with Gasteiger partial charge in [0.15, 0.2) is 0 Å². The van der Waals surface area contributed by atoms with E-state index in [1.807, 2.05) is 30.3 Å². The Balaban J connectivity index is 1.84. The number of hydrogen-bond donors (Lipinski definition) is 1. The molecule has 1 atom stereocenters.